The summed E-state index contributed by atoms with van der Waals surface area (Å²) in [5, 5.41) is 2.78. The Morgan fingerprint density at radius 3 is 2.38 bits per heavy atom. The molecule has 1 aliphatic rings. The molecule has 0 aromatic carbocycles. The van der Waals surface area contributed by atoms with Gasteiger partial charge in [0.2, 0.25) is 0 Å². The maximum atomic E-state index is 11.3. The number of hydrogen-bond donors (Lipinski definition) is 1. The fraction of sp³-hybridized carbons (Fsp3) is 0.889. The monoisotopic (exact) mass is 205 g/mol. The van der Waals surface area contributed by atoms with E-state index in [4.69, 9.17) is 16.3 Å². The molecule has 0 spiro atoms. The van der Waals surface area contributed by atoms with E-state index in [9.17, 15) is 4.79 Å². The van der Waals surface area contributed by atoms with Gasteiger partial charge in [-0.05, 0) is 33.6 Å². The number of halogens is 1. The molecule has 1 N–H and O–H groups in total. The number of carbonyl (C=O) groups is 1. The molecular formula is C9H16ClNO2. The lowest BCUT2D eigenvalue weighted by Crippen LogP contribution is -2.41. The third-order valence-corrected chi connectivity index (χ3v) is 2.39. The Morgan fingerprint density at radius 2 is 2.08 bits per heavy atom. The molecule has 0 aromatic rings. The van der Waals surface area contributed by atoms with E-state index in [1.807, 2.05) is 20.8 Å². The second kappa shape index (κ2) is 3.37. The maximum absolute atomic E-state index is 11.3. The van der Waals surface area contributed by atoms with Gasteiger partial charge < -0.3 is 10.1 Å². The number of alkyl halides is 1. The molecule has 0 atom stereocenters. The van der Waals surface area contributed by atoms with E-state index in [1.54, 1.807) is 0 Å². The van der Waals surface area contributed by atoms with Gasteiger partial charge in [-0.15, -0.1) is 11.6 Å². The van der Waals surface area contributed by atoms with Gasteiger partial charge in [0.05, 0.1) is 5.54 Å². The summed E-state index contributed by atoms with van der Waals surface area (Å²) in [6.07, 6.45) is 1.54. The SMILES string of the molecule is CC(C)(C)OC(=O)NC1(CCl)CC1. The Balaban J connectivity index is 2.34. The minimum Gasteiger partial charge on any atom is -0.444 e. The van der Waals surface area contributed by atoms with E-state index in [2.05, 4.69) is 5.32 Å². The number of carbonyl (C=O) groups excluding carboxylic acids is 1. The number of ether oxygens (including phenoxy) is 1. The van der Waals surface area contributed by atoms with Crippen LogP contribution < -0.4 is 5.32 Å². The standard InChI is InChI=1S/C9H16ClNO2/c1-8(2,3)13-7(12)11-9(6-10)4-5-9/h4-6H2,1-3H3,(H,11,12). The van der Waals surface area contributed by atoms with Gasteiger partial charge in [-0.2, -0.15) is 0 Å². The highest BCUT2D eigenvalue weighted by Crippen LogP contribution is 2.36. The van der Waals surface area contributed by atoms with Crippen LogP contribution in [0.1, 0.15) is 33.6 Å². The zero-order chi connectivity index (χ0) is 10.1. The Labute approximate surface area is 83.8 Å². The fourth-order valence-corrected chi connectivity index (χ4v) is 1.30. The molecular weight excluding hydrogens is 190 g/mol. The van der Waals surface area contributed by atoms with Crippen LogP contribution >= 0.6 is 11.6 Å². The van der Waals surface area contributed by atoms with Gasteiger partial charge in [-0.1, -0.05) is 0 Å². The van der Waals surface area contributed by atoms with Crippen molar-refractivity contribution in [2.24, 2.45) is 0 Å². The van der Waals surface area contributed by atoms with Gasteiger partial charge in [-0.25, -0.2) is 4.79 Å². The van der Waals surface area contributed by atoms with Gasteiger partial charge >= 0.3 is 6.09 Å². The van der Waals surface area contributed by atoms with Gasteiger partial charge in [0.15, 0.2) is 0 Å². The highest BCUT2D eigenvalue weighted by Gasteiger charge is 2.44. The Morgan fingerprint density at radius 1 is 1.54 bits per heavy atom. The average molecular weight is 206 g/mol. The van der Waals surface area contributed by atoms with Crippen molar-refractivity contribution in [2.45, 2.75) is 44.8 Å². The summed E-state index contributed by atoms with van der Waals surface area (Å²) < 4.78 is 5.11. The first-order chi connectivity index (χ1) is 5.87. The smallest absolute Gasteiger partial charge is 0.408 e. The predicted octanol–water partition coefficient (Wildman–Crippen LogP) is 2.28. The minimum absolute atomic E-state index is 0.177. The van der Waals surface area contributed by atoms with Crippen LogP contribution in [-0.2, 0) is 4.74 Å². The first kappa shape index (κ1) is 10.6. The molecule has 0 aliphatic heterocycles. The molecule has 0 aromatic heterocycles. The third-order valence-electron chi connectivity index (χ3n) is 1.88. The summed E-state index contributed by atoms with van der Waals surface area (Å²) in [5.41, 5.74) is -0.615. The molecule has 76 valence electrons. The lowest BCUT2D eigenvalue weighted by Gasteiger charge is -2.22. The van der Waals surface area contributed by atoms with Crippen LogP contribution in [0.2, 0.25) is 0 Å². The number of nitrogens with one attached hydrogen (secondary N) is 1. The van der Waals surface area contributed by atoms with Crippen molar-refractivity contribution < 1.29 is 9.53 Å². The van der Waals surface area contributed by atoms with Crippen molar-refractivity contribution in [1.82, 2.24) is 5.32 Å². The van der Waals surface area contributed by atoms with Gasteiger partial charge in [0.25, 0.3) is 0 Å². The number of rotatable bonds is 2. The molecule has 0 bridgehead atoms. The molecule has 1 rings (SSSR count). The second-order valence-electron chi connectivity index (χ2n) is 4.54. The lowest BCUT2D eigenvalue weighted by molar-refractivity contribution is 0.0502. The van der Waals surface area contributed by atoms with E-state index in [-0.39, 0.29) is 11.6 Å². The zero-order valence-corrected chi connectivity index (χ0v) is 9.07. The van der Waals surface area contributed by atoms with Gasteiger partial charge in [0, 0.05) is 5.88 Å². The molecule has 13 heavy (non-hydrogen) atoms. The minimum atomic E-state index is -0.438. The van der Waals surface area contributed by atoms with Gasteiger partial charge in [-0.3, -0.25) is 0 Å². The van der Waals surface area contributed by atoms with Crippen molar-refractivity contribution in [3.63, 3.8) is 0 Å². The maximum Gasteiger partial charge on any atom is 0.408 e. The summed E-state index contributed by atoms with van der Waals surface area (Å²) >= 11 is 5.70. The summed E-state index contributed by atoms with van der Waals surface area (Å²) in [5.74, 6) is 0.465. The molecule has 4 heteroatoms. The Kier molecular flexibility index (Phi) is 2.76. The molecule has 1 aliphatic carbocycles. The van der Waals surface area contributed by atoms with Crippen molar-refractivity contribution in [3.8, 4) is 0 Å². The van der Waals surface area contributed by atoms with Crippen LogP contribution in [0.5, 0.6) is 0 Å². The molecule has 0 radical (unpaired) electrons. The molecule has 1 fully saturated rings. The first-order valence-corrected chi connectivity index (χ1v) is 4.97. The van der Waals surface area contributed by atoms with Gasteiger partial charge in [0.1, 0.15) is 5.60 Å². The van der Waals surface area contributed by atoms with Crippen molar-refractivity contribution in [1.29, 1.82) is 0 Å². The predicted molar refractivity (Wildman–Crippen MR) is 52.1 cm³/mol. The van der Waals surface area contributed by atoms with Crippen LogP contribution in [0.3, 0.4) is 0 Å². The topological polar surface area (TPSA) is 38.3 Å². The van der Waals surface area contributed by atoms with Crippen molar-refractivity contribution in [2.75, 3.05) is 5.88 Å². The summed E-state index contributed by atoms with van der Waals surface area (Å²) in [7, 11) is 0. The lowest BCUT2D eigenvalue weighted by atomic mass is 10.2. The normalized spacial score (nSPS) is 19.4. The quantitative estimate of drug-likeness (QED) is 0.703. The largest absolute Gasteiger partial charge is 0.444 e. The molecule has 3 nitrogen and oxygen atoms in total. The summed E-state index contributed by atoms with van der Waals surface area (Å²) in [4.78, 5) is 11.3. The fourth-order valence-electron chi connectivity index (χ4n) is 0.963. The highest BCUT2D eigenvalue weighted by molar-refractivity contribution is 6.19. The second-order valence-corrected chi connectivity index (χ2v) is 4.81. The molecule has 1 amide bonds. The average Bonchev–Trinajstić information content (AvgIpc) is 2.65. The van der Waals surface area contributed by atoms with E-state index in [1.165, 1.54) is 0 Å². The first-order valence-electron chi connectivity index (χ1n) is 4.44. The Bertz CT molecular complexity index is 206. The van der Waals surface area contributed by atoms with E-state index in [0.717, 1.165) is 12.8 Å². The number of amides is 1. The van der Waals surface area contributed by atoms with Crippen LogP contribution in [0.4, 0.5) is 4.79 Å². The van der Waals surface area contributed by atoms with Crippen LogP contribution in [0.25, 0.3) is 0 Å². The van der Waals surface area contributed by atoms with E-state index in [0.29, 0.717) is 5.88 Å². The molecule has 0 saturated heterocycles. The van der Waals surface area contributed by atoms with Crippen LogP contribution in [0.15, 0.2) is 0 Å². The van der Waals surface area contributed by atoms with E-state index < -0.39 is 5.60 Å². The highest BCUT2D eigenvalue weighted by atomic mass is 35.5. The number of hydrogen-bond acceptors (Lipinski definition) is 2. The molecule has 0 heterocycles. The Hall–Kier alpha value is -0.440. The van der Waals surface area contributed by atoms with E-state index >= 15 is 0 Å². The van der Waals surface area contributed by atoms with Crippen LogP contribution in [0, 0.1) is 0 Å². The number of alkyl carbamates (subject to hydrolysis) is 1. The van der Waals surface area contributed by atoms with Crippen molar-refractivity contribution >= 4 is 17.7 Å². The molecule has 1 saturated carbocycles. The third kappa shape index (κ3) is 3.43. The summed E-state index contributed by atoms with van der Waals surface area (Å²) in [6.45, 7) is 5.52. The molecule has 0 unspecified atom stereocenters. The van der Waals surface area contributed by atoms with Crippen LogP contribution in [-0.4, -0.2) is 23.1 Å². The van der Waals surface area contributed by atoms with Crippen molar-refractivity contribution in [3.05, 3.63) is 0 Å². The summed E-state index contributed by atoms with van der Waals surface area (Å²) in [6, 6.07) is 0. The zero-order valence-electron chi connectivity index (χ0n) is 8.32.